The molecule has 142 valence electrons. The number of carbonyl (C=O) groups excluding carboxylic acids is 2. The SMILES string of the molecule is O=C(COC(=O)c1cc(Cl)ccc1F)Nc1ccccc1Cc1ccccc1. The summed E-state index contributed by atoms with van der Waals surface area (Å²) in [6.45, 7) is -0.537. The van der Waals surface area contributed by atoms with Crippen LogP contribution in [0.4, 0.5) is 10.1 Å². The molecule has 3 rings (SSSR count). The van der Waals surface area contributed by atoms with Gasteiger partial charge in [0.05, 0.1) is 5.56 Å². The van der Waals surface area contributed by atoms with Crippen LogP contribution in [0.15, 0.2) is 72.8 Å². The Bertz CT molecular complexity index is 992. The standard InChI is InChI=1S/C22H17ClFNO3/c23-17-10-11-19(24)18(13-17)22(27)28-14-21(26)25-20-9-5-4-8-16(20)12-15-6-2-1-3-7-15/h1-11,13H,12,14H2,(H,25,26). The van der Waals surface area contributed by atoms with E-state index in [1.54, 1.807) is 12.1 Å². The summed E-state index contributed by atoms with van der Waals surface area (Å²) in [4.78, 5) is 24.2. The monoisotopic (exact) mass is 397 g/mol. The van der Waals surface area contributed by atoms with Crippen molar-refractivity contribution < 1.29 is 18.7 Å². The summed E-state index contributed by atoms with van der Waals surface area (Å²) in [5.74, 6) is -2.23. The van der Waals surface area contributed by atoms with E-state index in [0.29, 0.717) is 12.1 Å². The Kier molecular flexibility index (Phi) is 6.40. The first-order valence-electron chi connectivity index (χ1n) is 8.57. The predicted octanol–water partition coefficient (Wildman–Crippen LogP) is 4.87. The van der Waals surface area contributed by atoms with Crippen molar-refractivity contribution in [3.05, 3.63) is 100 Å². The Balaban J connectivity index is 1.62. The van der Waals surface area contributed by atoms with E-state index in [2.05, 4.69) is 5.32 Å². The van der Waals surface area contributed by atoms with Crippen LogP contribution in [-0.2, 0) is 16.0 Å². The lowest BCUT2D eigenvalue weighted by molar-refractivity contribution is -0.119. The van der Waals surface area contributed by atoms with Crippen molar-refractivity contribution in [3.63, 3.8) is 0 Å². The molecular formula is C22H17ClFNO3. The van der Waals surface area contributed by atoms with E-state index in [-0.39, 0.29) is 10.6 Å². The van der Waals surface area contributed by atoms with Crippen molar-refractivity contribution in [1.29, 1.82) is 0 Å². The molecule has 0 aliphatic carbocycles. The summed E-state index contributed by atoms with van der Waals surface area (Å²) in [6, 6.07) is 20.8. The number of para-hydroxylation sites is 1. The van der Waals surface area contributed by atoms with Crippen molar-refractivity contribution in [2.75, 3.05) is 11.9 Å². The second-order valence-corrected chi connectivity index (χ2v) is 6.50. The number of hydrogen-bond acceptors (Lipinski definition) is 3. The molecule has 0 saturated heterocycles. The predicted molar refractivity (Wildman–Crippen MR) is 106 cm³/mol. The van der Waals surface area contributed by atoms with Crippen molar-refractivity contribution in [3.8, 4) is 0 Å². The van der Waals surface area contributed by atoms with Gasteiger partial charge < -0.3 is 10.1 Å². The van der Waals surface area contributed by atoms with Crippen LogP contribution in [0.5, 0.6) is 0 Å². The summed E-state index contributed by atoms with van der Waals surface area (Å²) < 4.78 is 18.6. The minimum atomic E-state index is -0.951. The summed E-state index contributed by atoms with van der Waals surface area (Å²) in [5.41, 5.74) is 2.34. The van der Waals surface area contributed by atoms with Crippen molar-refractivity contribution >= 4 is 29.2 Å². The van der Waals surface area contributed by atoms with Gasteiger partial charge in [-0.3, -0.25) is 4.79 Å². The fraction of sp³-hybridized carbons (Fsp3) is 0.0909. The summed E-state index contributed by atoms with van der Waals surface area (Å²) >= 11 is 5.76. The van der Waals surface area contributed by atoms with Gasteiger partial charge in [0.15, 0.2) is 6.61 Å². The molecule has 6 heteroatoms. The maximum Gasteiger partial charge on any atom is 0.341 e. The molecule has 0 saturated carbocycles. The van der Waals surface area contributed by atoms with Gasteiger partial charge in [-0.1, -0.05) is 60.1 Å². The molecule has 0 bridgehead atoms. The summed E-state index contributed by atoms with van der Waals surface area (Å²) in [5, 5.41) is 2.93. The zero-order valence-corrected chi connectivity index (χ0v) is 15.6. The van der Waals surface area contributed by atoms with Gasteiger partial charge in [-0.15, -0.1) is 0 Å². The molecule has 0 radical (unpaired) electrons. The number of hydrogen-bond donors (Lipinski definition) is 1. The second kappa shape index (κ2) is 9.15. The highest BCUT2D eigenvalue weighted by Gasteiger charge is 2.16. The molecule has 0 aromatic heterocycles. The molecule has 0 aliphatic heterocycles. The van der Waals surface area contributed by atoms with E-state index < -0.39 is 24.3 Å². The highest BCUT2D eigenvalue weighted by molar-refractivity contribution is 6.30. The zero-order valence-electron chi connectivity index (χ0n) is 14.8. The number of ether oxygens (including phenoxy) is 1. The Hall–Kier alpha value is -3.18. The Morgan fingerprint density at radius 2 is 1.68 bits per heavy atom. The maximum absolute atomic E-state index is 13.7. The van der Waals surface area contributed by atoms with Gasteiger partial charge in [-0.25, -0.2) is 9.18 Å². The molecule has 0 heterocycles. The first kappa shape index (κ1) is 19.6. The van der Waals surface area contributed by atoms with Gasteiger partial charge in [-0.05, 0) is 41.8 Å². The highest BCUT2D eigenvalue weighted by Crippen LogP contribution is 2.19. The van der Waals surface area contributed by atoms with E-state index in [1.165, 1.54) is 6.07 Å². The number of esters is 1. The third-order valence-electron chi connectivity index (χ3n) is 4.01. The number of nitrogens with one attached hydrogen (secondary N) is 1. The second-order valence-electron chi connectivity index (χ2n) is 6.07. The van der Waals surface area contributed by atoms with Crippen LogP contribution in [0.3, 0.4) is 0 Å². The lowest BCUT2D eigenvalue weighted by Gasteiger charge is -2.12. The first-order valence-corrected chi connectivity index (χ1v) is 8.94. The molecule has 28 heavy (non-hydrogen) atoms. The van der Waals surface area contributed by atoms with Gasteiger partial charge in [0.25, 0.3) is 5.91 Å². The molecule has 0 unspecified atom stereocenters. The minimum absolute atomic E-state index is 0.202. The van der Waals surface area contributed by atoms with Crippen LogP contribution in [0, 0.1) is 5.82 Å². The minimum Gasteiger partial charge on any atom is -0.452 e. The van der Waals surface area contributed by atoms with Gasteiger partial charge >= 0.3 is 5.97 Å². The third-order valence-corrected chi connectivity index (χ3v) is 4.25. The van der Waals surface area contributed by atoms with Gasteiger partial charge in [0, 0.05) is 10.7 Å². The number of amides is 1. The van der Waals surface area contributed by atoms with E-state index in [4.69, 9.17) is 16.3 Å². The largest absolute Gasteiger partial charge is 0.452 e. The highest BCUT2D eigenvalue weighted by atomic mass is 35.5. The van der Waals surface area contributed by atoms with Gasteiger partial charge in [-0.2, -0.15) is 0 Å². The van der Waals surface area contributed by atoms with Crippen molar-refractivity contribution in [2.45, 2.75) is 6.42 Å². The number of halogens is 2. The van der Waals surface area contributed by atoms with E-state index in [1.807, 2.05) is 42.5 Å². The van der Waals surface area contributed by atoms with Gasteiger partial charge in [0.1, 0.15) is 5.82 Å². The number of rotatable bonds is 6. The first-order chi connectivity index (χ1) is 13.5. The molecule has 4 nitrogen and oxygen atoms in total. The summed E-state index contributed by atoms with van der Waals surface area (Å²) in [6.07, 6.45) is 0.644. The average Bonchev–Trinajstić information content (AvgIpc) is 2.70. The molecule has 0 fully saturated rings. The molecule has 3 aromatic carbocycles. The normalized spacial score (nSPS) is 10.4. The van der Waals surface area contributed by atoms with Crippen molar-refractivity contribution in [1.82, 2.24) is 0 Å². The maximum atomic E-state index is 13.7. The fourth-order valence-electron chi connectivity index (χ4n) is 2.66. The molecule has 0 aliphatic rings. The van der Waals surface area contributed by atoms with Gasteiger partial charge in [0.2, 0.25) is 0 Å². The van der Waals surface area contributed by atoms with Crippen LogP contribution in [0.25, 0.3) is 0 Å². The third kappa shape index (κ3) is 5.18. The molecule has 3 aromatic rings. The van der Waals surface area contributed by atoms with Crippen LogP contribution >= 0.6 is 11.6 Å². The number of benzene rings is 3. The topological polar surface area (TPSA) is 55.4 Å². The zero-order chi connectivity index (χ0) is 19.9. The van der Waals surface area contributed by atoms with Crippen LogP contribution in [0.1, 0.15) is 21.5 Å². The van der Waals surface area contributed by atoms with E-state index in [9.17, 15) is 14.0 Å². The van der Waals surface area contributed by atoms with Crippen LogP contribution in [0.2, 0.25) is 5.02 Å². The Morgan fingerprint density at radius 3 is 2.46 bits per heavy atom. The Morgan fingerprint density at radius 1 is 0.964 bits per heavy atom. The van der Waals surface area contributed by atoms with Crippen LogP contribution < -0.4 is 5.32 Å². The summed E-state index contributed by atoms with van der Waals surface area (Å²) in [7, 11) is 0. The smallest absolute Gasteiger partial charge is 0.341 e. The lowest BCUT2D eigenvalue weighted by Crippen LogP contribution is -2.22. The molecule has 1 amide bonds. The van der Waals surface area contributed by atoms with Crippen LogP contribution in [-0.4, -0.2) is 18.5 Å². The Labute approximate surface area is 166 Å². The molecule has 0 atom stereocenters. The lowest BCUT2D eigenvalue weighted by atomic mass is 10.0. The molecular weight excluding hydrogens is 381 g/mol. The molecule has 1 N–H and O–H groups in total. The average molecular weight is 398 g/mol. The van der Waals surface area contributed by atoms with E-state index >= 15 is 0 Å². The van der Waals surface area contributed by atoms with Crippen molar-refractivity contribution in [2.24, 2.45) is 0 Å². The van der Waals surface area contributed by atoms with E-state index in [0.717, 1.165) is 23.3 Å². The number of anilines is 1. The number of carbonyl (C=O) groups is 2. The molecule has 0 spiro atoms. The fourth-order valence-corrected chi connectivity index (χ4v) is 2.83. The quantitative estimate of drug-likeness (QED) is 0.604.